The lowest BCUT2D eigenvalue weighted by Crippen LogP contribution is -2.19. The van der Waals surface area contributed by atoms with Crippen molar-refractivity contribution in [3.8, 4) is 0 Å². The molecule has 0 N–H and O–H groups in total. The highest BCUT2D eigenvalue weighted by molar-refractivity contribution is 5.69. The molecule has 0 fully saturated rings. The largest absolute Gasteiger partial charge is 0.508 e. The zero-order valence-electron chi connectivity index (χ0n) is 29.3. The highest BCUT2D eigenvalue weighted by atomic mass is 16.7. The minimum atomic E-state index is -0.586. The predicted molar refractivity (Wildman–Crippen MR) is 184 cm³/mol. The van der Waals surface area contributed by atoms with Gasteiger partial charge >= 0.3 is 18.1 Å². The lowest BCUT2D eigenvalue weighted by molar-refractivity contribution is -0.143. The van der Waals surface area contributed by atoms with Gasteiger partial charge in [0, 0.05) is 12.8 Å². The van der Waals surface area contributed by atoms with Gasteiger partial charge in [0.2, 0.25) is 0 Å². The first kappa shape index (κ1) is 42.7. The van der Waals surface area contributed by atoms with Crippen LogP contribution in [0.3, 0.4) is 0 Å². The first-order valence-corrected chi connectivity index (χ1v) is 18.5. The van der Waals surface area contributed by atoms with Crippen LogP contribution >= 0.6 is 0 Å². The Kier molecular flexibility index (Phi) is 32.8. The average molecular weight is 637 g/mol. The van der Waals surface area contributed by atoms with E-state index in [9.17, 15) is 14.4 Å². The summed E-state index contributed by atoms with van der Waals surface area (Å²) in [4.78, 5) is 35.7. The van der Waals surface area contributed by atoms with Crippen molar-refractivity contribution in [1.82, 2.24) is 0 Å². The number of hydrogen-bond donors (Lipinski definition) is 0. The predicted octanol–water partition coefficient (Wildman–Crippen LogP) is 11.1. The van der Waals surface area contributed by atoms with Crippen LogP contribution in [0.25, 0.3) is 0 Å². The summed E-state index contributed by atoms with van der Waals surface area (Å²) in [5.41, 5.74) is 0. The van der Waals surface area contributed by atoms with Crippen molar-refractivity contribution in [3.05, 3.63) is 24.3 Å². The molecule has 0 spiro atoms. The summed E-state index contributed by atoms with van der Waals surface area (Å²) in [6.45, 7) is 7.25. The fourth-order valence-electron chi connectivity index (χ4n) is 5.07. The van der Waals surface area contributed by atoms with E-state index >= 15 is 0 Å². The third-order valence-corrected chi connectivity index (χ3v) is 7.80. The molecule has 0 saturated carbocycles. The number of hydrogen-bond acceptors (Lipinski definition) is 7. The average Bonchev–Trinajstić information content (AvgIpc) is 3.02. The number of unbranched alkanes of at least 4 members (excludes halogenated alkanes) is 16. The van der Waals surface area contributed by atoms with Crippen LogP contribution in [-0.4, -0.2) is 44.0 Å². The molecule has 0 aliphatic carbocycles. The fraction of sp³-hybridized carbons (Fsp3) is 0.816. The first-order chi connectivity index (χ1) is 22.0. The minimum Gasteiger partial charge on any atom is -0.461 e. The van der Waals surface area contributed by atoms with Crippen LogP contribution in [0.15, 0.2) is 24.3 Å². The summed E-state index contributed by atoms with van der Waals surface area (Å²) in [6, 6.07) is 0. The number of rotatable bonds is 32. The summed E-state index contributed by atoms with van der Waals surface area (Å²) in [5, 5.41) is 0. The Morgan fingerprint density at radius 3 is 1.36 bits per heavy atom. The molecule has 0 aromatic rings. The second-order valence-corrected chi connectivity index (χ2v) is 12.0. The van der Waals surface area contributed by atoms with Crippen molar-refractivity contribution < 1.29 is 33.3 Å². The summed E-state index contributed by atoms with van der Waals surface area (Å²) >= 11 is 0. The van der Waals surface area contributed by atoms with Crippen molar-refractivity contribution in [2.24, 2.45) is 0 Å². The quantitative estimate of drug-likeness (QED) is 0.0314. The monoisotopic (exact) mass is 636 g/mol. The van der Waals surface area contributed by atoms with Crippen LogP contribution < -0.4 is 0 Å². The van der Waals surface area contributed by atoms with Gasteiger partial charge in [-0.15, -0.1) is 0 Å². The lowest BCUT2D eigenvalue weighted by Gasteiger charge is -2.17. The van der Waals surface area contributed by atoms with E-state index in [-0.39, 0.29) is 18.0 Å². The van der Waals surface area contributed by atoms with Crippen molar-refractivity contribution in [2.45, 2.75) is 181 Å². The molecule has 0 heterocycles. The normalized spacial score (nSPS) is 11.5. The molecule has 0 bridgehead atoms. The van der Waals surface area contributed by atoms with Gasteiger partial charge in [0.25, 0.3) is 0 Å². The van der Waals surface area contributed by atoms with E-state index in [1.165, 1.54) is 51.4 Å². The summed E-state index contributed by atoms with van der Waals surface area (Å²) in [7, 11) is 0. The first-order valence-electron chi connectivity index (χ1n) is 18.5. The molecular weight excluding hydrogens is 568 g/mol. The molecule has 0 atom stereocenters. The zero-order chi connectivity index (χ0) is 33.1. The Balaban J connectivity index is 3.91. The second-order valence-electron chi connectivity index (χ2n) is 12.0. The van der Waals surface area contributed by atoms with Crippen LogP contribution in [0.4, 0.5) is 4.79 Å². The van der Waals surface area contributed by atoms with Gasteiger partial charge in [0.15, 0.2) is 0 Å². The van der Waals surface area contributed by atoms with Gasteiger partial charge < -0.3 is 18.9 Å². The van der Waals surface area contributed by atoms with E-state index in [1.54, 1.807) is 6.92 Å². The van der Waals surface area contributed by atoms with Crippen LogP contribution in [0.1, 0.15) is 175 Å². The molecule has 0 rings (SSSR count). The van der Waals surface area contributed by atoms with Gasteiger partial charge in [-0.05, 0) is 71.1 Å². The molecule has 0 radical (unpaired) electrons. The number of esters is 2. The zero-order valence-corrected chi connectivity index (χ0v) is 29.3. The Hall–Kier alpha value is -2.31. The van der Waals surface area contributed by atoms with Crippen molar-refractivity contribution in [2.75, 3.05) is 19.8 Å². The molecule has 7 heteroatoms. The van der Waals surface area contributed by atoms with E-state index in [1.807, 2.05) is 12.2 Å². The third-order valence-electron chi connectivity index (χ3n) is 7.80. The van der Waals surface area contributed by atoms with Crippen LogP contribution in [-0.2, 0) is 28.5 Å². The van der Waals surface area contributed by atoms with Crippen molar-refractivity contribution >= 4 is 18.1 Å². The molecule has 0 unspecified atom stereocenters. The highest BCUT2D eigenvalue weighted by Crippen LogP contribution is 2.18. The van der Waals surface area contributed by atoms with Crippen LogP contribution in [0.2, 0.25) is 0 Å². The second kappa shape index (κ2) is 34.6. The molecule has 0 aliphatic rings. The van der Waals surface area contributed by atoms with Crippen LogP contribution in [0, 0.1) is 0 Å². The van der Waals surface area contributed by atoms with E-state index in [0.717, 1.165) is 89.9 Å². The summed E-state index contributed by atoms with van der Waals surface area (Å²) in [5.74, 6) is -0.241. The molecule has 0 aromatic heterocycles. The molecule has 262 valence electrons. The molecule has 7 nitrogen and oxygen atoms in total. The van der Waals surface area contributed by atoms with Crippen molar-refractivity contribution in [3.63, 3.8) is 0 Å². The maximum absolute atomic E-state index is 11.9. The maximum atomic E-state index is 11.9. The van der Waals surface area contributed by atoms with Gasteiger partial charge in [-0.2, -0.15) is 0 Å². The molecule has 0 aliphatic heterocycles. The summed E-state index contributed by atoms with van der Waals surface area (Å²) < 4.78 is 21.2. The number of allylic oxidation sites excluding steroid dienone is 2. The summed E-state index contributed by atoms with van der Waals surface area (Å²) in [6.07, 6.45) is 31.9. The molecule has 45 heavy (non-hydrogen) atoms. The van der Waals surface area contributed by atoms with Gasteiger partial charge in [-0.25, -0.2) is 4.79 Å². The Morgan fingerprint density at radius 1 is 0.489 bits per heavy atom. The van der Waals surface area contributed by atoms with Gasteiger partial charge in [0.1, 0.15) is 19.3 Å². The molecule has 0 amide bonds. The number of carbonyl (C=O) groups is 3. The lowest BCUT2D eigenvalue weighted by atomic mass is 10.0. The standard InChI is InChI=1S/C38H68O7/c1-4-7-9-11-13-21-27-33-43-36(39)31-25-19-15-17-23-29-35(45-38(41)42-6-3)30-24-18-16-20-26-32-37(40)44-34-28-22-14-12-10-8-5-2/h21-22,27-28,35H,4-20,23-26,29-34H2,1-3H3/b27-21-,28-22-. The highest BCUT2D eigenvalue weighted by Gasteiger charge is 2.15. The van der Waals surface area contributed by atoms with Gasteiger partial charge in [-0.3, -0.25) is 9.59 Å². The van der Waals surface area contributed by atoms with E-state index in [2.05, 4.69) is 26.0 Å². The van der Waals surface area contributed by atoms with E-state index in [0.29, 0.717) is 32.7 Å². The third kappa shape index (κ3) is 32.9. The smallest absolute Gasteiger partial charge is 0.461 e. The van der Waals surface area contributed by atoms with Gasteiger partial charge in [-0.1, -0.05) is 115 Å². The Bertz CT molecular complexity index is 694. The molecule has 0 aromatic carbocycles. The fourth-order valence-corrected chi connectivity index (χ4v) is 5.07. The Morgan fingerprint density at radius 2 is 0.911 bits per heavy atom. The van der Waals surface area contributed by atoms with Crippen molar-refractivity contribution in [1.29, 1.82) is 0 Å². The van der Waals surface area contributed by atoms with E-state index < -0.39 is 6.16 Å². The molecular formula is C38H68O7. The van der Waals surface area contributed by atoms with E-state index in [4.69, 9.17) is 18.9 Å². The topological polar surface area (TPSA) is 88.1 Å². The Labute approximate surface area is 276 Å². The van der Waals surface area contributed by atoms with Gasteiger partial charge in [0.05, 0.1) is 6.61 Å². The number of ether oxygens (including phenoxy) is 4. The SMILES string of the molecule is CCCCCC/C=C\COC(=O)CCCCCCCC(CCCCCCCC(=O)OC/C=C\CCCCCC)OC(=O)OCC. The minimum absolute atomic E-state index is 0.121. The number of carbonyl (C=O) groups excluding carboxylic acids is 3. The molecule has 0 saturated heterocycles. The van der Waals surface area contributed by atoms with Crippen LogP contribution in [0.5, 0.6) is 0 Å². The maximum Gasteiger partial charge on any atom is 0.508 e.